The molecular formula is C17H12ClN3O. The second kappa shape index (κ2) is 4.71. The molecule has 2 aromatic heterocycles. The van der Waals surface area contributed by atoms with Gasteiger partial charge in [0.25, 0.3) is 5.56 Å². The molecule has 4 aromatic rings. The van der Waals surface area contributed by atoms with E-state index in [1.165, 1.54) is 0 Å². The fraction of sp³-hybridized carbons (Fsp3) is 0.0588. The van der Waals surface area contributed by atoms with Crippen molar-refractivity contribution in [3.05, 3.63) is 69.6 Å². The van der Waals surface area contributed by atoms with Gasteiger partial charge >= 0.3 is 0 Å². The van der Waals surface area contributed by atoms with Crippen LogP contribution in [0.4, 0.5) is 0 Å². The van der Waals surface area contributed by atoms with Gasteiger partial charge in [0.05, 0.1) is 27.8 Å². The average molecular weight is 310 g/mol. The summed E-state index contributed by atoms with van der Waals surface area (Å²) in [5, 5.41) is 6.81. The summed E-state index contributed by atoms with van der Waals surface area (Å²) in [5.41, 5.74) is 3.08. The Morgan fingerprint density at radius 2 is 1.82 bits per heavy atom. The molecule has 2 aromatic carbocycles. The van der Waals surface area contributed by atoms with E-state index >= 15 is 0 Å². The first-order valence-electron chi connectivity index (χ1n) is 6.91. The number of benzene rings is 2. The third-order valence-electron chi connectivity index (χ3n) is 3.79. The molecule has 5 heteroatoms. The van der Waals surface area contributed by atoms with Crippen LogP contribution in [-0.4, -0.2) is 14.8 Å². The van der Waals surface area contributed by atoms with Gasteiger partial charge in [-0.15, -0.1) is 0 Å². The molecule has 0 aliphatic rings. The predicted octanol–water partition coefficient (Wildman–Crippen LogP) is 3.83. The first-order valence-corrected chi connectivity index (χ1v) is 7.29. The second-order valence-electron chi connectivity index (χ2n) is 5.20. The Balaban J connectivity index is 2.20. The summed E-state index contributed by atoms with van der Waals surface area (Å²) in [7, 11) is 0. The number of halogens is 1. The highest BCUT2D eigenvalue weighted by molar-refractivity contribution is 6.30. The number of nitrogens with one attached hydrogen (secondary N) is 1. The molecule has 0 fully saturated rings. The molecule has 0 aliphatic carbocycles. The fourth-order valence-electron chi connectivity index (χ4n) is 2.80. The molecule has 0 atom stereocenters. The quantitative estimate of drug-likeness (QED) is 0.581. The van der Waals surface area contributed by atoms with Crippen molar-refractivity contribution in [3.8, 4) is 5.69 Å². The van der Waals surface area contributed by atoms with E-state index in [0.29, 0.717) is 16.1 Å². The van der Waals surface area contributed by atoms with Crippen molar-refractivity contribution in [2.75, 3.05) is 0 Å². The number of aromatic nitrogens is 3. The summed E-state index contributed by atoms with van der Waals surface area (Å²) in [6, 6.07) is 15.2. The number of aryl methyl sites for hydroxylation is 1. The molecule has 0 bridgehead atoms. The Labute approximate surface area is 131 Å². The summed E-state index contributed by atoms with van der Waals surface area (Å²) in [6.07, 6.45) is 0. The smallest absolute Gasteiger partial charge is 0.259 e. The van der Waals surface area contributed by atoms with Gasteiger partial charge in [0, 0.05) is 10.4 Å². The molecule has 0 amide bonds. The number of aromatic amines is 1. The molecule has 0 spiro atoms. The van der Waals surface area contributed by atoms with Crippen molar-refractivity contribution in [2.24, 2.45) is 0 Å². The molecule has 108 valence electrons. The lowest BCUT2D eigenvalue weighted by Gasteiger charge is -2.06. The van der Waals surface area contributed by atoms with Crippen LogP contribution in [0, 0.1) is 6.92 Å². The van der Waals surface area contributed by atoms with Gasteiger partial charge in [0.2, 0.25) is 0 Å². The first-order chi connectivity index (χ1) is 10.6. The van der Waals surface area contributed by atoms with Gasteiger partial charge in [-0.05, 0) is 37.3 Å². The number of nitrogens with zero attached hydrogens (tertiary/aromatic N) is 2. The van der Waals surface area contributed by atoms with Crippen LogP contribution in [0.5, 0.6) is 0 Å². The van der Waals surface area contributed by atoms with Crippen molar-refractivity contribution in [3.63, 3.8) is 0 Å². The predicted molar refractivity (Wildman–Crippen MR) is 88.9 cm³/mol. The zero-order valence-corrected chi connectivity index (χ0v) is 12.6. The summed E-state index contributed by atoms with van der Waals surface area (Å²) >= 11 is 5.96. The highest BCUT2D eigenvalue weighted by Crippen LogP contribution is 2.26. The lowest BCUT2D eigenvalue weighted by Crippen LogP contribution is -2.07. The van der Waals surface area contributed by atoms with Crippen LogP contribution in [0.1, 0.15) is 5.69 Å². The number of para-hydroxylation sites is 1. The van der Waals surface area contributed by atoms with E-state index in [9.17, 15) is 4.79 Å². The van der Waals surface area contributed by atoms with Gasteiger partial charge in [-0.1, -0.05) is 29.8 Å². The summed E-state index contributed by atoms with van der Waals surface area (Å²) in [4.78, 5) is 15.3. The van der Waals surface area contributed by atoms with Gasteiger partial charge in [-0.2, -0.15) is 5.10 Å². The van der Waals surface area contributed by atoms with E-state index in [2.05, 4.69) is 10.1 Å². The van der Waals surface area contributed by atoms with E-state index in [0.717, 1.165) is 22.1 Å². The van der Waals surface area contributed by atoms with Crippen LogP contribution in [0.2, 0.25) is 5.02 Å². The largest absolute Gasteiger partial charge is 0.321 e. The van der Waals surface area contributed by atoms with Gasteiger partial charge in [0.15, 0.2) is 0 Å². The number of rotatable bonds is 1. The van der Waals surface area contributed by atoms with Gasteiger partial charge < -0.3 is 4.98 Å². The average Bonchev–Trinajstić information content (AvgIpc) is 2.87. The number of pyridine rings is 1. The number of fused-ring (bicyclic) bond motifs is 3. The number of hydrogen-bond acceptors (Lipinski definition) is 2. The molecule has 0 radical (unpaired) electrons. The summed E-state index contributed by atoms with van der Waals surface area (Å²) in [5.74, 6) is 0. The van der Waals surface area contributed by atoms with Crippen LogP contribution in [0.25, 0.3) is 27.5 Å². The van der Waals surface area contributed by atoms with Crippen molar-refractivity contribution in [1.29, 1.82) is 0 Å². The zero-order valence-electron chi connectivity index (χ0n) is 11.8. The topological polar surface area (TPSA) is 50.7 Å². The SMILES string of the molecule is Cc1nn(-c2ccc(Cl)cc2)c2c1c(=O)[nH]c1ccccc12. The van der Waals surface area contributed by atoms with Crippen LogP contribution >= 0.6 is 11.6 Å². The minimum Gasteiger partial charge on any atom is -0.321 e. The molecule has 4 nitrogen and oxygen atoms in total. The van der Waals surface area contributed by atoms with Gasteiger partial charge in [-0.3, -0.25) is 4.79 Å². The molecular weight excluding hydrogens is 298 g/mol. The van der Waals surface area contributed by atoms with E-state index < -0.39 is 0 Å². The summed E-state index contributed by atoms with van der Waals surface area (Å²) < 4.78 is 1.80. The highest BCUT2D eigenvalue weighted by Gasteiger charge is 2.15. The maximum absolute atomic E-state index is 12.4. The maximum Gasteiger partial charge on any atom is 0.259 e. The van der Waals surface area contributed by atoms with E-state index in [1.807, 2.05) is 55.5 Å². The molecule has 2 heterocycles. The third-order valence-corrected chi connectivity index (χ3v) is 4.04. The molecule has 0 aliphatic heterocycles. The van der Waals surface area contributed by atoms with Gasteiger partial charge in [-0.25, -0.2) is 4.68 Å². The van der Waals surface area contributed by atoms with Gasteiger partial charge in [0.1, 0.15) is 0 Å². The molecule has 0 saturated carbocycles. The lowest BCUT2D eigenvalue weighted by molar-refractivity contribution is 0.891. The molecule has 0 unspecified atom stereocenters. The minimum absolute atomic E-state index is 0.119. The number of H-pyrrole nitrogens is 1. The Morgan fingerprint density at radius 3 is 2.59 bits per heavy atom. The Kier molecular flexibility index (Phi) is 2.81. The van der Waals surface area contributed by atoms with Crippen molar-refractivity contribution >= 4 is 33.4 Å². The molecule has 22 heavy (non-hydrogen) atoms. The van der Waals surface area contributed by atoms with Crippen LogP contribution in [0.15, 0.2) is 53.3 Å². The minimum atomic E-state index is -0.119. The second-order valence-corrected chi connectivity index (χ2v) is 5.63. The fourth-order valence-corrected chi connectivity index (χ4v) is 2.93. The third kappa shape index (κ3) is 1.84. The monoisotopic (exact) mass is 309 g/mol. The highest BCUT2D eigenvalue weighted by atomic mass is 35.5. The van der Waals surface area contributed by atoms with Crippen molar-refractivity contribution in [1.82, 2.24) is 14.8 Å². The van der Waals surface area contributed by atoms with Crippen LogP contribution in [0.3, 0.4) is 0 Å². The normalized spacial score (nSPS) is 11.4. The summed E-state index contributed by atoms with van der Waals surface area (Å²) in [6.45, 7) is 1.85. The van der Waals surface area contributed by atoms with E-state index in [4.69, 9.17) is 11.6 Å². The Hall–Kier alpha value is -2.59. The Bertz CT molecular complexity index is 1060. The van der Waals surface area contributed by atoms with Crippen molar-refractivity contribution < 1.29 is 0 Å². The van der Waals surface area contributed by atoms with Crippen LogP contribution < -0.4 is 5.56 Å². The lowest BCUT2D eigenvalue weighted by atomic mass is 10.1. The maximum atomic E-state index is 12.4. The first kappa shape index (κ1) is 13.1. The van der Waals surface area contributed by atoms with Crippen LogP contribution in [-0.2, 0) is 0 Å². The molecule has 4 rings (SSSR count). The molecule has 0 saturated heterocycles. The standard InChI is InChI=1S/C17H12ClN3O/c1-10-15-16(13-4-2-3-5-14(13)19-17(15)22)21(20-10)12-8-6-11(18)7-9-12/h2-9H,1H3,(H,19,22). The Morgan fingerprint density at radius 1 is 1.09 bits per heavy atom. The van der Waals surface area contributed by atoms with E-state index in [-0.39, 0.29) is 5.56 Å². The molecule has 1 N–H and O–H groups in total. The number of hydrogen-bond donors (Lipinski definition) is 1. The van der Waals surface area contributed by atoms with Crippen molar-refractivity contribution in [2.45, 2.75) is 6.92 Å². The zero-order chi connectivity index (χ0) is 15.3. The van der Waals surface area contributed by atoms with E-state index in [1.54, 1.807) is 4.68 Å².